The summed E-state index contributed by atoms with van der Waals surface area (Å²) in [5.41, 5.74) is 0. The molecule has 1 rings (SSSR count). The molecule has 2 unspecified atom stereocenters. The number of hydroxylamine groups is 4. The van der Waals surface area contributed by atoms with Crippen LogP contribution in [0.3, 0.4) is 0 Å². The average molecular weight is 277 g/mol. The predicted molar refractivity (Wildman–Crippen MR) is 63.8 cm³/mol. The van der Waals surface area contributed by atoms with E-state index in [1.54, 1.807) is 12.2 Å². The number of hydrogen-bond donors (Lipinski definition) is 5. The molecule has 0 aliphatic carbocycles. The first-order chi connectivity index (χ1) is 8.70. The number of allylic oxidation sites excluding steroid dienone is 1. The molecule has 1 aliphatic heterocycles. The Labute approximate surface area is 110 Å². The number of carbonyl (C=O) groups excluding carboxylic acids is 1. The smallest absolute Gasteiger partial charge is 0.347 e. The Morgan fingerprint density at radius 2 is 2.26 bits per heavy atom. The molecule has 0 aromatic rings. The minimum absolute atomic E-state index is 0.306. The van der Waals surface area contributed by atoms with Gasteiger partial charge in [-0.1, -0.05) is 26.9 Å². The fourth-order valence-electron chi connectivity index (χ4n) is 1.62. The van der Waals surface area contributed by atoms with E-state index >= 15 is 0 Å². The Hall–Kier alpha value is -1.07. The second-order valence-corrected chi connectivity index (χ2v) is 4.38. The zero-order valence-electron chi connectivity index (χ0n) is 11.0. The summed E-state index contributed by atoms with van der Waals surface area (Å²) >= 11 is 0. The number of quaternary nitrogens is 1. The van der Waals surface area contributed by atoms with E-state index in [0.717, 1.165) is 7.05 Å². The van der Waals surface area contributed by atoms with Crippen molar-refractivity contribution in [2.24, 2.45) is 5.84 Å². The molecule has 110 valence electrons. The van der Waals surface area contributed by atoms with Gasteiger partial charge in [-0.15, -0.1) is 5.84 Å². The van der Waals surface area contributed by atoms with Crippen LogP contribution in [-0.2, 0) is 9.73 Å². The Balaban J connectivity index is 2.56. The molecule has 19 heavy (non-hydrogen) atoms. The van der Waals surface area contributed by atoms with E-state index in [4.69, 9.17) is 26.1 Å². The van der Waals surface area contributed by atoms with Gasteiger partial charge in [-0.2, -0.15) is 0 Å². The molecule has 0 saturated carbocycles. The highest BCUT2D eigenvalue weighted by Gasteiger charge is 2.54. The third-order valence-corrected chi connectivity index (χ3v) is 2.91. The van der Waals surface area contributed by atoms with Gasteiger partial charge in [0.05, 0.1) is 6.42 Å². The molecule has 0 bridgehead atoms. The Kier molecular flexibility index (Phi) is 4.98. The molecular formula is C10H21N4O5+. The number of carbonyl (C=O) groups is 1. The Bertz CT molecular complexity index is 356. The van der Waals surface area contributed by atoms with Crippen LogP contribution in [0.1, 0.15) is 13.3 Å². The minimum atomic E-state index is -3.16. The van der Waals surface area contributed by atoms with Crippen LogP contribution < -0.4 is 11.2 Å². The van der Waals surface area contributed by atoms with Crippen molar-refractivity contribution in [1.82, 2.24) is 10.4 Å². The van der Waals surface area contributed by atoms with Crippen LogP contribution in [0.4, 0.5) is 0 Å². The maximum Gasteiger partial charge on any atom is 0.373 e. The fourth-order valence-corrected chi connectivity index (χ4v) is 1.62. The molecule has 0 aromatic carbocycles. The minimum Gasteiger partial charge on any atom is -0.347 e. The average Bonchev–Trinajstić information content (AvgIpc) is 2.26. The lowest BCUT2D eigenvalue weighted by molar-refractivity contribution is -1.18. The van der Waals surface area contributed by atoms with E-state index in [1.165, 1.54) is 0 Å². The third-order valence-electron chi connectivity index (χ3n) is 2.91. The van der Waals surface area contributed by atoms with Crippen molar-refractivity contribution in [3.63, 3.8) is 0 Å². The van der Waals surface area contributed by atoms with Crippen LogP contribution in [0.25, 0.3) is 0 Å². The van der Waals surface area contributed by atoms with Gasteiger partial charge in [-0.25, -0.2) is 0 Å². The van der Waals surface area contributed by atoms with Gasteiger partial charge in [-0.05, 0) is 6.92 Å². The summed E-state index contributed by atoms with van der Waals surface area (Å²) in [6.07, 6.45) is 0.913. The summed E-state index contributed by atoms with van der Waals surface area (Å²) in [7, 11) is 1.08. The summed E-state index contributed by atoms with van der Waals surface area (Å²) in [5.74, 6) is 5.51. The molecule has 9 nitrogen and oxygen atoms in total. The lowest BCUT2D eigenvalue weighted by Gasteiger charge is -2.44. The molecule has 0 radical (unpaired) electrons. The maximum atomic E-state index is 11.8. The molecule has 9 heteroatoms. The van der Waals surface area contributed by atoms with Crippen molar-refractivity contribution in [1.29, 1.82) is 0 Å². The SMILES string of the molecule is C/C=C/CNC(=O)C1CC[N+]1(N)ON(C)C(O)(O)O. The summed E-state index contributed by atoms with van der Waals surface area (Å²) in [5, 5.41) is 29.7. The molecule has 1 aliphatic rings. The van der Waals surface area contributed by atoms with E-state index in [1.807, 2.05) is 6.92 Å². The molecule has 6 N–H and O–H groups in total. The van der Waals surface area contributed by atoms with Crippen LogP contribution in [-0.4, -0.2) is 63.3 Å². The second kappa shape index (κ2) is 5.92. The second-order valence-electron chi connectivity index (χ2n) is 4.38. The molecular weight excluding hydrogens is 256 g/mol. The van der Waals surface area contributed by atoms with Crippen molar-refractivity contribution in [2.75, 3.05) is 20.1 Å². The summed E-state index contributed by atoms with van der Waals surface area (Å²) in [6, 6.07) is -0.671. The molecule has 0 aromatic heterocycles. The zero-order chi connectivity index (χ0) is 14.7. The molecule has 1 amide bonds. The number of nitrogens with two attached hydrogens (primary N) is 1. The molecule has 0 spiro atoms. The molecule has 1 heterocycles. The topological polar surface area (TPSA) is 128 Å². The maximum absolute atomic E-state index is 11.8. The van der Waals surface area contributed by atoms with Crippen LogP contribution in [0.5, 0.6) is 0 Å². The van der Waals surface area contributed by atoms with Gasteiger partial charge in [0.15, 0.2) is 0 Å². The largest absolute Gasteiger partial charge is 0.373 e. The molecule has 1 saturated heterocycles. The Morgan fingerprint density at radius 3 is 2.68 bits per heavy atom. The van der Waals surface area contributed by atoms with Gasteiger partial charge in [0.25, 0.3) is 5.91 Å². The van der Waals surface area contributed by atoms with Gasteiger partial charge in [0.1, 0.15) is 6.54 Å². The first-order valence-corrected chi connectivity index (χ1v) is 5.86. The quantitative estimate of drug-likeness (QED) is 0.119. The monoisotopic (exact) mass is 277 g/mol. The van der Waals surface area contributed by atoms with Crippen molar-refractivity contribution in [2.45, 2.75) is 25.5 Å². The number of hydrogen-bond acceptors (Lipinski definition) is 7. The van der Waals surface area contributed by atoms with E-state index < -0.39 is 16.9 Å². The molecule has 1 fully saturated rings. The van der Waals surface area contributed by atoms with Crippen LogP contribution >= 0.6 is 0 Å². The number of rotatable bonds is 6. The highest BCUT2D eigenvalue weighted by Crippen LogP contribution is 2.26. The third kappa shape index (κ3) is 3.94. The van der Waals surface area contributed by atoms with E-state index in [2.05, 4.69) is 5.32 Å². The van der Waals surface area contributed by atoms with Gasteiger partial charge >= 0.3 is 6.10 Å². The normalized spacial score (nSPS) is 27.6. The highest BCUT2D eigenvalue weighted by atomic mass is 16.9. The zero-order valence-corrected chi connectivity index (χ0v) is 11.0. The first-order valence-electron chi connectivity index (χ1n) is 5.86. The lowest BCUT2D eigenvalue weighted by atomic mass is 10.0. The van der Waals surface area contributed by atoms with E-state index in [9.17, 15) is 4.79 Å². The van der Waals surface area contributed by atoms with E-state index in [0.29, 0.717) is 24.6 Å². The summed E-state index contributed by atoms with van der Waals surface area (Å²) < 4.78 is -0.651. The van der Waals surface area contributed by atoms with E-state index in [-0.39, 0.29) is 5.91 Å². The number of amides is 1. The lowest BCUT2D eigenvalue weighted by Crippen LogP contribution is -2.75. The number of nitrogens with zero attached hydrogens (tertiary/aromatic N) is 2. The Morgan fingerprint density at radius 1 is 1.63 bits per heavy atom. The fraction of sp³-hybridized carbons (Fsp3) is 0.700. The van der Waals surface area contributed by atoms with Crippen LogP contribution in [0, 0.1) is 0 Å². The van der Waals surface area contributed by atoms with Crippen molar-refractivity contribution >= 4 is 5.91 Å². The van der Waals surface area contributed by atoms with Gasteiger partial charge in [0, 0.05) is 13.6 Å². The summed E-state index contributed by atoms with van der Waals surface area (Å²) in [4.78, 5) is 16.8. The van der Waals surface area contributed by atoms with Gasteiger partial charge in [-0.3, -0.25) is 4.79 Å². The van der Waals surface area contributed by atoms with Crippen molar-refractivity contribution in [3.05, 3.63) is 12.2 Å². The molecule has 2 atom stereocenters. The number of nitrogens with one attached hydrogen (secondary N) is 1. The van der Waals surface area contributed by atoms with Crippen LogP contribution in [0.2, 0.25) is 0 Å². The van der Waals surface area contributed by atoms with Crippen molar-refractivity contribution < 1.29 is 29.8 Å². The standard InChI is InChI=1S/C10H20N4O5/c1-3-4-6-12-9(15)8-5-7-14(8,11)19-13(2)10(16,17)18/h3-4,8,16-18H,5-7,11H2,1-2H3/p+1/b4-3+. The van der Waals surface area contributed by atoms with Crippen molar-refractivity contribution in [3.8, 4) is 0 Å². The number of aliphatic hydroxyl groups is 3. The highest BCUT2D eigenvalue weighted by molar-refractivity contribution is 5.81. The van der Waals surface area contributed by atoms with Crippen LogP contribution in [0.15, 0.2) is 12.2 Å². The first kappa shape index (κ1) is 16.0. The van der Waals surface area contributed by atoms with Gasteiger partial charge in [0.2, 0.25) is 6.04 Å². The predicted octanol–water partition coefficient (Wildman–Crippen LogP) is -2.49. The van der Waals surface area contributed by atoms with Gasteiger partial charge < -0.3 is 20.6 Å². The summed E-state index contributed by atoms with van der Waals surface area (Å²) in [6.45, 7) is 2.52.